The molecular formula is C13H21N3O. The molecule has 2 rings (SSSR count). The van der Waals surface area contributed by atoms with Gasteiger partial charge in [0.05, 0.1) is 12.8 Å². The molecule has 0 amide bonds. The summed E-state index contributed by atoms with van der Waals surface area (Å²) in [5, 5.41) is 6.55. The van der Waals surface area contributed by atoms with Crippen LogP contribution in [0.4, 0.5) is 11.4 Å². The van der Waals surface area contributed by atoms with Crippen molar-refractivity contribution in [3.63, 3.8) is 0 Å². The number of methoxy groups -OCH3 is 1. The molecule has 1 saturated heterocycles. The molecule has 0 aromatic heterocycles. The number of hydrogen-bond donors (Lipinski definition) is 2. The third-order valence-corrected chi connectivity index (χ3v) is 3.16. The largest absolute Gasteiger partial charge is 0.495 e. The van der Waals surface area contributed by atoms with Gasteiger partial charge in [0.25, 0.3) is 0 Å². The van der Waals surface area contributed by atoms with Crippen LogP contribution in [0.3, 0.4) is 0 Å². The molecule has 2 N–H and O–H groups in total. The van der Waals surface area contributed by atoms with E-state index in [1.54, 1.807) is 7.11 Å². The van der Waals surface area contributed by atoms with Crippen LogP contribution in [0, 0.1) is 0 Å². The van der Waals surface area contributed by atoms with Crippen LogP contribution in [0.15, 0.2) is 18.2 Å². The van der Waals surface area contributed by atoms with Crippen molar-refractivity contribution in [3.05, 3.63) is 18.2 Å². The molecule has 1 heterocycles. The fourth-order valence-electron chi connectivity index (χ4n) is 2.19. The molecule has 1 aliphatic rings. The predicted molar refractivity (Wildman–Crippen MR) is 72.2 cm³/mol. The van der Waals surface area contributed by atoms with Gasteiger partial charge < -0.3 is 20.3 Å². The summed E-state index contributed by atoms with van der Waals surface area (Å²) in [6.07, 6.45) is 1.19. The van der Waals surface area contributed by atoms with Crippen LogP contribution in [0.1, 0.15) is 6.42 Å². The molecule has 1 fully saturated rings. The summed E-state index contributed by atoms with van der Waals surface area (Å²) < 4.78 is 5.39. The van der Waals surface area contributed by atoms with Crippen LogP contribution in [-0.4, -0.2) is 40.3 Å². The van der Waals surface area contributed by atoms with E-state index in [4.69, 9.17) is 4.74 Å². The summed E-state index contributed by atoms with van der Waals surface area (Å²) in [6.45, 7) is 4.33. The Labute approximate surface area is 103 Å². The zero-order valence-corrected chi connectivity index (χ0v) is 10.6. The van der Waals surface area contributed by atoms with Gasteiger partial charge in [0.15, 0.2) is 0 Å². The number of anilines is 2. The van der Waals surface area contributed by atoms with Gasteiger partial charge in [-0.15, -0.1) is 0 Å². The van der Waals surface area contributed by atoms with Crippen LogP contribution in [0.25, 0.3) is 0 Å². The van der Waals surface area contributed by atoms with Crippen molar-refractivity contribution >= 4 is 11.4 Å². The molecule has 0 unspecified atom stereocenters. The summed E-state index contributed by atoms with van der Waals surface area (Å²) in [7, 11) is 3.62. The summed E-state index contributed by atoms with van der Waals surface area (Å²) in [6, 6.07) is 6.34. The lowest BCUT2D eigenvalue weighted by Gasteiger charge is -2.23. The minimum atomic E-state index is 0.905. The SMILES string of the molecule is CNc1ccc(N2CCCNCC2)cc1OC. The number of benzene rings is 1. The van der Waals surface area contributed by atoms with Gasteiger partial charge in [-0.05, 0) is 25.1 Å². The summed E-state index contributed by atoms with van der Waals surface area (Å²) >= 11 is 0. The monoisotopic (exact) mass is 235 g/mol. The second kappa shape index (κ2) is 5.77. The van der Waals surface area contributed by atoms with Crippen molar-refractivity contribution in [1.82, 2.24) is 5.32 Å². The number of ether oxygens (including phenoxy) is 1. The highest BCUT2D eigenvalue weighted by molar-refractivity contribution is 5.64. The van der Waals surface area contributed by atoms with Crippen molar-refractivity contribution in [1.29, 1.82) is 0 Å². The Morgan fingerprint density at radius 1 is 1.29 bits per heavy atom. The van der Waals surface area contributed by atoms with E-state index in [1.807, 2.05) is 7.05 Å². The van der Waals surface area contributed by atoms with Gasteiger partial charge in [-0.25, -0.2) is 0 Å². The third-order valence-electron chi connectivity index (χ3n) is 3.16. The van der Waals surface area contributed by atoms with Crippen molar-refractivity contribution in [3.8, 4) is 5.75 Å². The fraction of sp³-hybridized carbons (Fsp3) is 0.538. The highest BCUT2D eigenvalue weighted by atomic mass is 16.5. The van der Waals surface area contributed by atoms with Crippen molar-refractivity contribution in [2.75, 3.05) is 50.6 Å². The molecule has 0 spiro atoms. The van der Waals surface area contributed by atoms with Crippen LogP contribution in [-0.2, 0) is 0 Å². The molecule has 0 bridgehead atoms. The minimum Gasteiger partial charge on any atom is -0.495 e. The van der Waals surface area contributed by atoms with Gasteiger partial charge in [0.1, 0.15) is 5.75 Å². The van der Waals surface area contributed by atoms with E-state index >= 15 is 0 Å². The molecule has 0 radical (unpaired) electrons. The predicted octanol–water partition coefficient (Wildman–Crippen LogP) is 1.54. The highest BCUT2D eigenvalue weighted by Crippen LogP contribution is 2.29. The number of nitrogens with zero attached hydrogens (tertiary/aromatic N) is 1. The molecule has 0 atom stereocenters. The van der Waals surface area contributed by atoms with Crippen molar-refractivity contribution in [2.24, 2.45) is 0 Å². The Hall–Kier alpha value is -1.42. The first-order valence-corrected chi connectivity index (χ1v) is 6.16. The van der Waals surface area contributed by atoms with Crippen LogP contribution in [0.5, 0.6) is 5.75 Å². The Morgan fingerprint density at radius 2 is 2.18 bits per heavy atom. The van der Waals surface area contributed by atoms with E-state index in [1.165, 1.54) is 12.1 Å². The Morgan fingerprint density at radius 3 is 2.94 bits per heavy atom. The molecular weight excluding hydrogens is 214 g/mol. The Kier molecular flexibility index (Phi) is 4.09. The number of hydrogen-bond acceptors (Lipinski definition) is 4. The minimum absolute atomic E-state index is 0.905. The zero-order valence-electron chi connectivity index (χ0n) is 10.6. The van der Waals surface area contributed by atoms with Crippen LogP contribution in [0.2, 0.25) is 0 Å². The second-order valence-electron chi connectivity index (χ2n) is 4.23. The lowest BCUT2D eigenvalue weighted by molar-refractivity contribution is 0.416. The summed E-state index contributed by atoms with van der Waals surface area (Å²) in [4.78, 5) is 2.40. The molecule has 94 valence electrons. The maximum atomic E-state index is 5.39. The highest BCUT2D eigenvalue weighted by Gasteiger charge is 2.11. The lowest BCUT2D eigenvalue weighted by Crippen LogP contribution is -2.27. The van der Waals surface area contributed by atoms with E-state index < -0.39 is 0 Å². The van der Waals surface area contributed by atoms with Crippen LogP contribution >= 0.6 is 0 Å². The molecule has 0 saturated carbocycles. The van der Waals surface area contributed by atoms with E-state index in [2.05, 4.69) is 33.7 Å². The number of nitrogens with one attached hydrogen (secondary N) is 2. The van der Waals surface area contributed by atoms with E-state index in [9.17, 15) is 0 Å². The summed E-state index contributed by atoms with van der Waals surface area (Å²) in [5.74, 6) is 0.905. The van der Waals surface area contributed by atoms with Crippen LogP contribution < -0.4 is 20.3 Å². The lowest BCUT2D eigenvalue weighted by atomic mass is 10.2. The molecule has 4 nitrogen and oxygen atoms in total. The first-order valence-electron chi connectivity index (χ1n) is 6.16. The van der Waals surface area contributed by atoms with Crippen molar-refractivity contribution < 1.29 is 4.74 Å². The molecule has 1 aliphatic heterocycles. The fourth-order valence-corrected chi connectivity index (χ4v) is 2.19. The normalized spacial score (nSPS) is 16.5. The average Bonchev–Trinajstić information content (AvgIpc) is 2.66. The quantitative estimate of drug-likeness (QED) is 0.833. The van der Waals surface area contributed by atoms with Gasteiger partial charge in [0.2, 0.25) is 0 Å². The Balaban J connectivity index is 2.19. The van der Waals surface area contributed by atoms with E-state index in [0.29, 0.717) is 0 Å². The average molecular weight is 235 g/mol. The Bertz CT molecular complexity index is 360. The second-order valence-corrected chi connectivity index (χ2v) is 4.23. The third kappa shape index (κ3) is 2.82. The van der Waals surface area contributed by atoms with Gasteiger partial charge >= 0.3 is 0 Å². The maximum Gasteiger partial charge on any atom is 0.144 e. The van der Waals surface area contributed by atoms with Crippen molar-refractivity contribution in [2.45, 2.75) is 6.42 Å². The standard InChI is InChI=1S/C13H21N3O/c1-14-12-5-4-11(10-13(12)17-2)16-8-3-6-15-7-9-16/h4-5,10,14-15H,3,6-9H2,1-2H3. The molecule has 1 aromatic carbocycles. The van der Waals surface area contributed by atoms with Gasteiger partial charge in [-0.2, -0.15) is 0 Å². The molecule has 17 heavy (non-hydrogen) atoms. The first kappa shape index (κ1) is 12.0. The summed E-state index contributed by atoms with van der Waals surface area (Å²) in [5.41, 5.74) is 2.27. The van der Waals surface area contributed by atoms with Gasteiger partial charge in [0, 0.05) is 38.4 Å². The molecule has 1 aromatic rings. The number of rotatable bonds is 3. The van der Waals surface area contributed by atoms with Gasteiger partial charge in [-0.3, -0.25) is 0 Å². The maximum absolute atomic E-state index is 5.39. The topological polar surface area (TPSA) is 36.5 Å². The zero-order chi connectivity index (χ0) is 12.1. The first-order chi connectivity index (χ1) is 8.35. The van der Waals surface area contributed by atoms with E-state index in [0.717, 1.165) is 37.6 Å². The molecule has 0 aliphatic carbocycles. The van der Waals surface area contributed by atoms with E-state index in [-0.39, 0.29) is 0 Å². The van der Waals surface area contributed by atoms with Gasteiger partial charge in [-0.1, -0.05) is 0 Å². The molecule has 4 heteroatoms. The smallest absolute Gasteiger partial charge is 0.144 e.